The van der Waals surface area contributed by atoms with Crippen LogP contribution in [0, 0.1) is 0 Å². The second kappa shape index (κ2) is 5.48. The molecule has 0 amide bonds. The number of thiazole rings is 1. The Morgan fingerprint density at radius 3 is 2.89 bits per heavy atom. The van der Waals surface area contributed by atoms with Gasteiger partial charge in [0, 0.05) is 17.5 Å². The van der Waals surface area contributed by atoms with Crippen molar-refractivity contribution in [3.8, 4) is 0 Å². The molecule has 1 aromatic rings. The van der Waals surface area contributed by atoms with Crippen molar-refractivity contribution >= 4 is 11.3 Å². The number of aryl methyl sites for hydroxylation is 1. The fraction of sp³-hybridized carbons (Fsp3) is 0.786. The van der Waals surface area contributed by atoms with Crippen LogP contribution < -0.4 is 5.73 Å². The van der Waals surface area contributed by atoms with Crippen LogP contribution in [0.2, 0.25) is 0 Å². The summed E-state index contributed by atoms with van der Waals surface area (Å²) in [5.41, 5.74) is 7.51. The van der Waals surface area contributed by atoms with Crippen LogP contribution in [-0.4, -0.2) is 48.5 Å². The quantitative estimate of drug-likeness (QED) is 0.852. The summed E-state index contributed by atoms with van der Waals surface area (Å²) in [4.78, 5) is 11.2. The van der Waals surface area contributed by atoms with Crippen molar-refractivity contribution in [3.05, 3.63) is 15.6 Å². The van der Waals surface area contributed by atoms with Crippen LogP contribution in [-0.2, 0) is 6.42 Å². The summed E-state index contributed by atoms with van der Waals surface area (Å²) < 4.78 is 0. The Hall–Kier alpha value is -0.490. The van der Waals surface area contributed by atoms with Gasteiger partial charge in [-0.25, -0.2) is 4.98 Å². The van der Waals surface area contributed by atoms with Crippen LogP contribution in [0.1, 0.15) is 46.9 Å². The monoisotopic (exact) mass is 280 g/mol. The lowest BCUT2D eigenvalue weighted by Gasteiger charge is -2.25. The number of hydrogen-bond acceptors (Lipinski definition) is 5. The molecule has 19 heavy (non-hydrogen) atoms. The molecule has 2 N–H and O–H groups in total. The number of nitrogens with zero attached hydrogens (tertiary/aromatic N) is 3. The summed E-state index contributed by atoms with van der Waals surface area (Å²) in [6.45, 7) is 3.43. The molecule has 0 bridgehead atoms. The van der Waals surface area contributed by atoms with E-state index in [2.05, 4.69) is 23.9 Å². The number of rotatable bonds is 1. The minimum Gasteiger partial charge on any atom is -0.323 e. The second-order valence-electron chi connectivity index (χ2n) is 5.97. The number of fused-ring (bicyclic) bond motifs is 1. The Morgan fingerprint density at radius 2 is 2.11 bits per heavy atom. The smallest absolute Gasteiger partial charge is 0.112 e. The summed E-state index contributed by atoms with van der Waals surface area (Å²) in [6, 6.07) is 0.666. The molecule has 0 saturated carbocycles. The van der Waals surface area contributed by atoms with Gasteiger partial charge in [0.15, 0.2) is 0 Å². The molecular weight excluding hydrogens is 256 g/mol. The Balaban J connectivity index is 1.88. The average molecular weight is 280 g/mol. The summed E-state index contributed by atoms with van der Waals surface area (Å²) in [6.07, 6.45) is 4.67. The zero-order chi connectivity index (χ0) is 13.4. The second-order valence-corrected chi connectivity index (χ2v) is 7.04. The molecule has 0 spiro atoms. The maximum Gasteiger partial charge on any atom is 0.112 e. The zero-order valence-electron chi connectivity index (χ0n) is 11.9. The first-order chi connectivity index (χ1) is 9.15. The fourth-order valence-electron chi connectivity index (χ4n) is 3.15. The highest BCUT2D eigenvalue weighted by Crippen LogP contribution is 2.36. The lowest BCUT2D eigenvalue weighted by Crippen LogP contribution is -2.30. The Morgan fingerprint density at radius 1 is 1.26 bits per heavy atom. The van der Waals surface area contributed by atoms with Gasteiger partial charge in [0.1, 0.15) is 5.01 Å². The molecule has 5 heteroatoms. The predicted octanol–water partition coefficient (Wildman–Crippen LogP) is 1.79. The van der Waals surface area contributed by atoms with Gasteiger partial charge in [0.25, 0.3) is 0 Å². The van der Waals surface area contributed by atoms with Crippen molar-refractivity contribution in [1.82, 2.24) is 14.8 Å². The van der Waals surface area contributed by atoms with E-state index in [0.29, 0.717) is 6.04 Å². The third-order valence-electron chi connectivity index (χ3n) is 4.36. The maximum atomic E-state index is 6.23. The Kier molecular flexibility index (Phi) is 3.89. The molecule has 0 radical (unpaired) electrons. The highest BCUT2D eigenvalue weighted by Gasteiger charge is 2.28. The van der Waals surface area contributed by atoms with E-state index >= 15 is 0 Å². The van der Waals surface area contributed by atoms with E-state index in [4.69, 9.17) is 10.7 Å². The standard InChI is InChI=1S/C14H24N4S/c1-17-7-4-8-18(2)12(9-17)14-16-11-6-3-5-10(15)13(11)19-14/h10,12H,3-9,15H2,1-2H3. The van der Waals surface area contributed by atoms with E-state index in [-0.39, 0.29) is 6.04 Å². The number of likely N-dealkylation sites (N-methyl/N-ethyl adjacent to an activating group) is 2. The van der Waals surface area contributed by atoms with E-state index in [1.54, 1.807) is 0 Å². The number of nitrogens with two attached hydrogens (primary N) is 1. The maximum absolute atomic E-state index is 6.23. The first-order valence-electron chi connectivity index (χ1n) is 7.29. The van der Waals surface area contributed by atoms with E-state index in [1.807, 2.05) is 11.3 Å². The van der Waals surface area contributed by atoms with Gasteiger partial charge in [0.2, 0.25) is 0 Å². The molecule has 106 valence electrons. The molecule has 4 nitrogen and oxygen atoms in total. The Labute approximate surface area is 119 Å². The first-order valence-corrected chi connectivity index (χ1v) is 8.10. The van der Waals surface area contributed by atoms with Gasteiger partial charge in [-0.05, 0) is 52.9 Å². The van der Waals surface area contributed by atoms with Crippen molar-refractivity contribution in [3.63, 3.8) is 0 Å². The molecule has 1 fully saturated rings. The largest absolute Gasteiger partial charge is 0.323 e. The van der Waals surface area contributed by atoms with Gasteiger partial charge in [-0.1, -0.05) is 0 Å². The van der Waals surface area contributed by atoms with Crippen LogP contribution in [0.15, 0.2) is 0 Å². The van der Waals surface area contributed by atoms with E-state index in [0.717, 1.165) is 25.9 Å². The van der Waals surface area contributed by atoms with Crippen LogP contribution in [0.4, 0.5) is 0 Å². The van der Waals surface area contributed by atoms with Crippen molar-refractivity contribution in [2.45, 2.75) is 37.8 Å². The molecule has 1 aliphatic heterocycles. The summed E-state index contributed by atoms with van der Waals surface area (Å²) in [5, 5.41) is 1.28. The summed E-state index contributed by atoms with van der Waals surface area (Å²) in [7, 11) is 4.44. The number of hydrogen-bond donors (Lipinski definition) is 1. The average Bonchev–Trinajstić information content (AvgIpc) is 2.73. The molecular formula is C14H24N4S. The van der Waals surface area contributed by atoms with Gasteiger partial charge in [-0.3, -0.25) is 4.90 Å². The molecule has 2 aliphatic rings. The highest BCUT2D eigenvalue weighted by atomic mass is 32.1. The van der Waals surface area contributed by atoms with Crippen LogP contribution in [0.25, 0.3) is 0 Å². The van der Waals surface area contributed by atoms with E-state index in [1.165, 1.54) is 35.0 Å². The molecule has 1 aromatic heterocycles. The lowest BCUT2D eigenvalue weighted by molar-refractivity contribution is 0.228. The normalized spacial score (nSPS) is 30.1. The van der Waals surface area contributed by atoms with Crippen LogP contribution in [0.5, 0.6) is 0 Å². The summed E-state index contributed by atoms with van der Waals surface area (Å²) >= 11 is 1.86. The topological polar surface area (TPSA) is 45.4 Å². The van der Waals surface area contributed by atoms with Gasteiger partial charge in [-0.15, -0.1) is 11.3 Å². The third-order valence-corrected chi connectivity index (χ3v) is 5.69. The van der Waals surface area contributed by atoms with Crippen molar-refractivity contribution in [1.29, 1.82) is 0 Å². The predicted molar refractivity (Wildman–Crippen MR) is 79.5 cm³/mol. The fourth-order valence-corrected chi connectivity index (χ4v) is 4.46. The van der Waals surface area contributed by atoms with Crippen molar-refractivity contribution in [2.24, 2.45) is 5.73 Å². The first kappa shape index (κ1) is 13.5. The lowest BCUT2D eigenvalue weighted by atomic mass is 9.99. The van der Waals surface area contributed by atoms with Gasteiger partial charge < -0.3 is 10.6 Å². The van der Waals surface area contributed by atoms with Crippen LogP contribution in [0.3, 0.4) is 0 Å². The molecule has 1 aliphatic carbocycles. The third kappa shape index (κ3) is 2.70. The van der Waals surface area contributed by atoms with E-state index < -0.39 is 0 Å². The van der Waals surface area contributed by atoms with Crippen molar-refractivity contribution < 1.29 is 0 Å². The molecule has 2 unspecified atom stereocenters. The Bertz CT molecular complexity index is 445. The highest BCUT2D eigenvalue weighted by molar-refractivity contribution is 7.12. The molecule has 3 rings (SSSR count). The number of aromatic nitrogens is 1. The van der Waals surface area contributed by atoms with Crippen LogP contribution >= 0.6 is 11.3 Å². The summed E-state index contributed by atoms with van der Waals surface area (Å²) in [5.74, 6) is 0. The SMILES string of the molecule is CN1CCCN(C)C(c2nc3c(s2)C(N)CCC3)C1. The molecule has 2 heterocycles. The molecule has 0 aromatic carbocycles. The minimum absolute atomic E-state index is 0.226. The molecule has 2 atom stereocenters. The van der Waals surface area contributed by atoms with Crippen molar-refractivity contribution in [2.75, 3.05) is 33.7 Å². The van der Waals surface area contributed by atoms with Gasteiger partial charge in [0.05, 0.1) is 11.7 Å². The van der Waals surface area contributed by atoms with Gasteiger partial charge in [-0.2, -0.15) is 0 Å². The molecule has 1 saturated heterocycles. The van der Waals surface area contributed by atoms with Gasteiger partial charge >= 0.3 is 0 Å². The zero-order valence-corrected chi connectivity index (χ0v) is 12.7. The van der Waals surface area contributed by atoms with E-state index in [9.17, 15) is 0 Å². The minimum atomic E-state index is 0.226.